The molecule has 0 bridgehead atoms. The molecule has 29 heavy (non-hydrogen) atoms. The predicted octanol–water partition coefficient (Wildman–Crippen LogP) is 3.84. The van der Waals surface area contributed by atoms with Gasteiger partial charge in [0, 0.05) is 0 Å². The summed E-state index contributed by atoms with van der Waals surface area (Å²) in [6, 6.07) is 8.62. The minimum atomic E-state index is -3.10. The summed E-state index contributed by atoms with van der Waals surface area (Å²) in [5.74, 6) is -1.46. The molecule has 0 radical (unpaired) electrons. The van der Waals surface area contributed by atoms with Crippen molar-refractivity contribution in [3.63, 3.8) is 0 Å². The molecule has 4 rings (SSSR count). The lowest BCUT2D eigenvalue weighted by Crippen LogP contribution is -2.30. The van der Waals surface area contributed by atoms with Crippen molar-refractivity contribution in [2.75, 3.05) is 4.90 Å². The maximum absolute atomic E-state index is 13.1. The van der Waals surface area contributed by atoms with Gasteiger partial charge >= 0.3 is 12.2 Å². The lowest BCUT2D eigenvalue weighted by atomic mass is 10.1. The molecule has 0 saturated heterocycles. The number of fused-ring (bicyclic) bond motifs is 1. The number of aromatic nitrogens is 3. The Morgan fingerprint density at radius 2 is 1.48 bits per heavy atom. The third-order valence-corrected chi connectivity index (χ3v) is 5.06. The van der Waals surface area contributed by atoms with Crippen molar-refractivity contribution in [1.82, 2.24) is 14.3 Å². The highest BCUT2D eigenvalue weighted by Crippen LogP contribution is 2.37. The largest absolute Gasteiger partial charge is 0.355 e. The summed E-state index contributed by atoms with van der Waals surface area (Å²) < 4.78 is 27.1. The van der Waals surface area contributed by atoms with Gasteiger partial charge in [-0.2, -0.15) is 13.5 Å². The van der Waals surface area contributed by atoms with E-state index in [4.69, 9.17) is 23.2 Å². The van der Waals surface area contributed by atoms with Crippen LogP contribution in [0.2, 0.25) is 10.0 Å². The predicted molar refractivity (Wildman–Crippen MR) is 101 cm³/mol. The van der Waals surface area contributed by atoms with E-state index in [1.165, 1.54) is 31.2 Å². The highest BCUT2D eigenvalue weighted by molar-refractivity contribution is 6.41. The zero-order valence-electron chi connectivity index (χ0n) is 14.6. The van der Waals surface area contributed by atoms with Crippen LogP contribution in [0.1, 0.15) is 33.1 Å². The van der Waals surface area contributed by atoms with Crippen LogP contribution in [0.25, 0.3) is 5.69 Å². The highest BCUT2D eigenvalue weighted by Gasteiger charge is 2.38. The van der Waals surface area contributed by atoms with Crippen LogP contribution in [0.3, 0.4) is 0 Å². The quantitative estimate of drug-likeness (QED) is 0.582. The number of hydrogen-bond acceptors (Lipinski definition) is 4. The Bertz CT molecular complexity index is 1220. The molecule has 0 atom stereocenters. The fourth-order valence-corrected chi connectivity index (χ4v) is 3.67. The lowest BCUT2D eigenvalue weighted by Gasteiger charge is -2.17. The number of rotatable bonds is 3. The van der Waals surface area contributed by atoms with Gasteiger partial charge in [0.1, 0.15) is 5.82 Å². The van der Waals surface area contributed by atoms with E-state index in [-0.39, 0.29) is 42.9 Å². The Morgan fingerprint density at radius 3 is 2.00 bits per heavy atom. The van der Waals surface area contributed by atoms with Gasteiger partial charge in [-0.3, -0.25) is 9.59 Å². The molecule has 3 aromatic rings. The second-order valence-electron chi connectivity index (χ2n) is 6.14. The summed E-state index contributed by atoms with van der Waals surface area (Å²) in [4.78, 5) is 38.7. The molecule has 0 N–H and O–H groups in total. The van der Waals surface area contributed by atoms with Crippen LogP contribution in [0, 0.1) is 6.92 Å². The van der Waals surface area contributed by atoms with Crippen molar-refractivity contribution in [3.05, 3.63) is 73.9 Å². The first kappa shape index (κ1) is 19.3. The number of nitrogens with zero attached hydrogens (tertiary/aromatic N) is 4. The number of halogens is 4. The van der Waals surface area contributed by atoms with Crippen molar-refractivity contribution in [1.29, 1.82) is 0 Å². The van der Waals surface area contributed by atoms with Gasteiger partial charge < -0.3 is 0 Å². The Labute approximate surface area is 171 Å². The van der Waals surface area contributed by atoms with Crippen LogP contribution in [0.5, 0.6) is 0 Å². The number of hydrogen-bond donors (Lipinski definition) is 0. The monoisotopic (exact) mass is 438 g/mol. The minimum absolute atomic E-state index is 0.0358. The molecule has 2 heterocycles. The second-order valence-corrected chi connectivity index (χ2v) is 6.95. The maximum atomic E-state index is 13.1. The normalized spacial score (nSPS) is 13.5. The number of alkyl halides is 2. The van der Waals surface area contributed by atoms with E-state index < -0.39 is 24.1 Å². The molecule has 2 aromatic carbocycles. The van der Waals surface area contributed by atoms with Gasteiger partial charge in [0.2, 0.25) is 0 Å². The number of benzene rings is 2. The summed E-state index contributed by atoms with van der Waals surface area (Å²) in [7, 11) is 0. The zero-order valence-corrected chi connectivity index (χ0v) is 16.1. The molecule has 1 aliphatic heterocycles. The molecule has 1 aliphatic rings. The first-order valence-electron chi connectivity index (χ1n) is 8.16. The Balaban J connectivity index is 1.90. The Kier molecular flexibility index (Phi) is 4.51. The van der Waals surface area contributed by atoms with Crippen LogP contribution in [-0.2, 0) is 0 Å². The van der Waals surface area contributed by atoms with Crippen molar-refractivity contribution < 1.29 is 18.4 Å². The lowest BCUT2D eigenvalue weighted by molar-refractivity contribution is 0.0640. The SMILES string of the molecule is Cc1nn(-c2cc(N3C(=O)c4ccccc4C3=O)c(Cl)cc2Cl)c(=O)n1C(F)F. The molecule has 1 aromatic heterocycles. The van der Waals surface area contributed by atoms with E-state index in [9.17, 15) is 23.2 Å². The molecule has 2 amide bonds. The van der Waals surface area contributed by atoms with Crippen molar-refractivity contribution in [2.45, 2.75) is 13.5 Å². The van der Waals surface area contributed by atoms with E-state index in [1.54, 1.807) is 12.1 Å². The molecular weight excluding hydrogens is 429 g/mol. The maximum Gasteiger partial charge on any atom is 0.355 e. The van der Waals surface area contributed by atoms with Gasteiger partial charge in [0.25, 0.3) is 11.8 Å². The fraction of sp³-hybridized carbons (Fsp3) is 0.111. The molecule has 7 nitrogen and oxygen atoms in total. The van der Waals surface area contributed by atoms with E-state index in [2.05, 4.69) is 5.10 Å². The van der Waals surface area contributed by atoms with Crippen LogP contribution in [-0.4, -0.2) is 26.2 Å². The van der Waals surface area contributed by atoms with Gasteiger partial charge in [0.15, 0.2) is 0 Å². The smallest absolute Gasteiger partial charge is 0.268 e. The molecule has 0 unspecified atom stereocenters. The van der Waals surface area contributed by atoms with Crippen molar-refractivity contribution in [3.8, 4) is 5.69 Å². The molecule has 11 heteroatoms. The summed E-state index contributed by atoms with van der Waals surface area (Å²) in [6.07, 6.45) is 0. The number of anilines is 1. The zero-order chi connectivity index (χ0) is 21.0. The average molecular weight is 439 g/mol. The number of carbonyl (C=O) groups is 2. The first-order valence-corrected chi connectivity index (χ1v) is 8.91. The number of amides is 2. The van der Waals surface area contributed by atoms with Crippen LogP contribution in [0.4, 0.5) is 14.5 Å². The van der Waals surface area contributed by atoms with E-state index in [0.29, 0.717) is 4.68 Å². The van der Waals surface area contributed by atoms with Crippen LogP contribution < -0.4 is 10.6 Å². The van der Waals surface area contributed by atoms with Crippen molar-refractivity contribution >= 4 is 40.7 Å². The summed E-state index contributed by atoms with van der Waals surface area (Å²) in [5, 5.41) is 3.70. The van der Waals surface area contributed by atoms with Gasteiger partial charge in [-0.1, -0.05) is 35.3 Å². The van der Waals surface area contributed by atoms with Crippen LogP contribution >= 0.6 is 23.2 Å². The Hall–Kier alpha value is -3.04. The minimum Gasteiger partial charge on any atom is -0.268 e. The number of carbonyl (C=O) groups excluding carboxylic acids is 2. The summed E-state index contributed by atoms with van der Waals surface area (Å²) in [6.45, 7) is -1.86. The van der Waals surface area contributed by atoms with Crippen molar-refractivity contribution in [2.24, 2.45) is 0 Å². The summed E-state index contributed by atoms with van der Waals surface area (Å²) in [5.41, 5.74) is -0.890. The fourth-order valence-electron chi connectivity index (χ4n) is 3.13. The van der Waals surface area contributed by atoms with Gasteiger partial charge in [-0.15, -0.1) is 5.10 Å². The van der Waals surface area contributed by atoms with E-state index in [0.717, 1.165) is 4.90 Å². The number of aryl methyl sites for hydroxylation is 1. The third-order valence-electron chi connectivity index (χ3n) is 4.46. The Morgan fingerprint density at radius 1 is 0.931 bits per heavy atom. The molecular formula is C18H10Cl2F2N4O3. The molecule has 0 spiro atoms. The van der Waals surface area contributed by atoms with Gasteiger partial charge in [0.05, 0.1) is 32.5 Å². The van der Waals surface area contributed by atoms with Gasteiger partial charge in [-0.25, -0.2) is 14.3 Å². The average Bonchev–Trinajstić information content (AvgIpc) is 3.10. The molecule has 0 aliphatic carbocycles. The number of imide groups is 1. The highest BCUT2D eigenvalue weighted by atomic mass is 35.5. The van der Waals surface area contributed by atoms with Gasteiger partial charge in [-0.05, 0) is 31.2 Å². The standard InChI is InChI=1S/C18H10Cl2F2N4O3/c1-8-23-26(18(29)24(8)17(21)22)14-7-13(11(19)6-12(14)20)25-15(27)9-4-2-3-5-10(9)16(25)28/h2-7,17H,1H3. The molecule has 148 valence electrons. The van der Waals surface area contributed by atoms with Crippen LogP contribution in [0.15, 0.2) is 41.2 Å². The third kappa shape index (κ3) is 2.85. The molecule has 0 saturated carbocycles. The van der Waals surface area contributed by atoms with E-state index >= 15 is 0 Å². The van der Waals surface area contributed by atoms with E-state index in [1.807, 2.05) is 0 Å². The summed E-state index contributed by atoms with van der Waals surface area (Å²) >= 11 is 12.4. The second kappa shape index (κ2) is 6.78. The first-order chi connectivity index (χ1) is 13.7. The topological polar surface area (TPSA) is 77.2 Å². The molecule has 0 fully saturated rings.